The minimum atomic E-state index is -3.06. The highest BCUT2D eigenvalue weighted by molar-refractivity contribution is 8.00. The SMILES string of the molecule is CC(Sc1nnc(N2CCCC2)n1-c1cccc(Cl)c1)C(=O)N(C)C1CCS(=O)(=O)C1. The molecule has 0 saturated carbocycles. The molecule has 2 atom stereocenters. The molecule has 1 amide bonds. The normalized spacial score (nSPS) is 21.4. The molecule has 168 valence electrons. The quantitative estimate of drug-likeness (QED) is 0.583. The van der Waals surface area contributed by atoms with Gasteiger partial charge in [0.15, 0.2) is 15.0 Å². The van der Waals surface area contributed by atoms with Crippen molar-refractivity contribution < 1.29 is 13.2 Å². The molecule has 2 unspecified atom stereocenters. The first-order chi connectivity index (χ1) is 14.7. The molecule has 2 aliphatic rings. The summed E-state index contributed by atoms with van der Waals surface area (Å²) in [6, 6.07) is 7.22. The maximum Gasteiger partial charge on any atom is 0.235 e. The minimum absolute atomic E-state index is 0.0322. The maximum absolute atomic E-state index is 13.0. The van der Waals surface area contributed by atoms with Crippen LogP contribution in [0.5, 0.6) is 0 Å². The average molecular weight is 484 g/mol. The molecule has 0 bridgehead atoms. The number of rotatable bonds is 6. The van der Waals surface area contributed by atoms with Crippen molar-refractivity contribution in [1.29, 1.82) is 0 Å². The van der Waals surface area contributed by atoms with E-state index in [1.54, 1.807) is 11.9 Å². The lowest BCUT2D eigenvalue weighted by molar-refractivity contribution is -0.130. The number of amides is 1. The second-order valence-electron chi connectivity index (χ2n) is 8.06. The molecule has 4 rings (SSSR count). The zero-order valence-electron chi connectivity index (χ0n) is 17.6. The fraction of sp³-hybridized carbons (Fsp3) is 0.550. The van der Waals surface area contributed by atoms with Crippen molar-refractivity contribution in [3.63, 3.8) is 0 Å². The summed E-state index contributed by atoms with van der Waals surface area (Å²) >= 11 is 7.56. The van der Waals surface area contributed by atoms with Crippen LogP contribution in [0.2, 0.25) is 5.02 Å². The highest BCUT2D eigenvalue weighted by Crippen LogP contribution is 2.32. The van der Waals surface area contributed by atoms with Gasteiger partial charge in [-0.25, -0.2) is 8.42 Å². The Morgan fingerprint density at radius 1 is 1.29 bits per heavy atom. The van der Waals surface area contributed by atoms with E-state index in [9.17, 15) is 13.2 Å². The first-order valence-electron chi connectivity index (χ1n) is 10.4. The Kier molecular flexibility index (Phi) is 6.50. The van der Waals surface area contributed by atoms with Crippen molar-refractivity contribution >= 4 is 45.1 Å². The predicted octanol–water partition coefficient (Wildman–Crippen LogP) is 2.65. The number of benzene rings is 1. The van der Waals surface area contributed by atoms with Gasteiger partial charge in [-0.1, -0.05) is 29.4 Å². The predicted molar refractivity (Wildman–Crippen MR) is 123 cm³/mol. The third-order valence-electron chi connectivity index (χ3n) is 5.81. The van der Waals surface area contributed by atoms with Crippen LogP contribution >= 0.6 is 23.4 Å². The van der Waals surface area contributed by atoms with E-state index < -0.39 is 15.1 Å². The number of halogens is 1. The lowest BCUT2D eigenvalue weighted by atomic mass is 10.2. The monoisotopic (exact) mass is 483 g/mol. The molecule has 11 heteroatoms. The molecule has 2 fully saturated rings. The van der Waals surface area contributed by atoms with Gasteiger partial charge in [0.05, 0.1) is 22.4 Å². The Morgan fingerprint density at radius 2 is 2.03 bits per heavy atom. The smallest absolute Gasteiger partial charge is 0.235 e. The van der Waals surface area contributed by atoms with E-state index in [0.29, 0.717) is 16.6 Å². The van der Waals surface area contributed by atoms with Crippen molar-refractivity contribution in [3.05, 3.63) is 29.3 Å². The van der Waals surface area contributed by atoms with Gasteiger partial charge in [0, 0.05) is 31.2 Å². The summed E-state index contributed by atoms with van der Waals surface area (Å²) in [6.45, 7) is 3.65. The highest BCUT2D eigenvalue weighted by atomic mass is 35.5. The van der Waals surface area contributed by atoms with Crippen LogP contribution in [0.4, 0.5) is 5.95 Å². The van der Waals surface area contributed by atoms with Crippen LogP contribution in [-0.4, -0.2) is 76.9 Å². The summed E-state index contributed by atoms with van der Waals surface area (Å²) < 4.78 is 25.6. The summed E-state index contributed by atoms with van der Waals surface area (Å²) in [4.78, 5) is 16.8. The van der Waals surface area contributed by atoms with Crippen LogP contribution in [0.25, 0.3) is 5.69 Å². The van der Waals surface area contributed by atoms with Gasteiger partial charge in [-0.05, 0) is 44.4 Å². The van der Waals surface area contributed by atoms with Crippen molar-refractivity contribution in [2.24, 2.45) is 0 Å². The average Bonchev–Trinajstić information content (AvgIpc) is 3.46. The molecule has 1 aromatic heterocycles. The van der Waals surface area contributed by atoms with Gasteiger partial charge in [0.2, 0.25) is 11.9 Å². The van der Waals surface area contributed by atoms with E-state index in [-0.39, 0.29) is 23.5 Å². The number of anilines is 1. The molecule has 2 aliphatic heterocycles. The first kappa shape index (κ1) is 22.4. The van der Waals surface area contributed by atoms with Crippen LogP contribution in [0, 0.1) is 0 Å². The number of nitrogens with zero attached hydrogens (tertiary/aromatic N) is 5. The highest BCUT2D eigenvalue weighted by Gasteiger charge is 2.35. The summed E-state index contributed by atoms with van der Waals surface area (Å²) in [5.74, 6) is 0.802. The van der Waals surface area contributed by atoms with E-state index in [4.69, 9.17) is 11.6 Å². The van der Waals surface area contributed by atoms with E-state index >= 15 is 0 Å². The summed E-state index contributed by atoms with van der Waals surface area (Å²) in [5.41, 5.74) is 0.844. The molecule has 0 spiro atoms. The molecule has 2 aromatic rings. The Hall–Kier alpha value is -1.78. The van der Waals surface area contributed by atoms with E-state index in [1.807, 2.05) is 35.8 Å². The van der Waals surface area contributed by atoms with Gasteiger partial charge >= 0.3 is 0 Å². The Bertz CT molecular complexity index is 1070. The number of thioether (sulfide) groups is 1. The molecule has 8 nitrogen and oxygen atoms in total. The zero-order valence-corrected chi connectivity index (χ0v) is 20.0. The van der Waals surface area contributed by atoms with Crippen molar-refractivity contribution in [3.8, 4) is 5.69 Å². The third kappa shape index (κ3) is 4.85. The molecule has 1 aromatic carbocycles. The van der Waals surface area contributed by atoms with E-state index in [1.165, 1.54) is 11.8 Å². The number of carbonyl (C=O) groups is 1. The maximum atomic E-state index is 13.0. The van der Waals surface area contributed by atoms with Gasteiger partial charge in [-0.2, -0.15) is 0 Å². The van der Waals surface area contributed by atoms with Gasteiger partial charge in [0.1, 0.15) is 0 Å². The van der Waals surface area contributed by atoms with Crippen LogP contribution in [0.3, 0.4) is 0 Å². The summed E-state index contributed by atoms with van der Waals surface area (Å²) in [6.07, 6.45) is 2.70. The second-order valence-corrected chi connectivity index (χ2v) is 12.0. The lowest BCUT2D eigenvalue weighted by Gasteiger charge is -2.26. The lowest BCUT2D eigenvalue weighted by Crippen LogP contribution is -2.41. The largest absolute Gasteiger partial charge is 0.341 e. The summed E-state index contributed by atoms with van der Waals surface area (Å²) in [7, 11) is -1.37. The number of hydrogen-bond donors (Lipinski definition) is 0. The van der Waals surface area contributed by atoms with Gasteiger partial charge in [0.25, 0.3) is 0 Å². The fourth-order valence-electron chi connectivity index (χ4n) is 4.06. The van der Waals surface area contributed by atoms with Gasteiger partial charge < -0.3 is 9.80 Å². The Balaban J connectivity index is 1.58. The molecule has 0 N–H and O–H groups in total. The van der Waals surface area contributed by atoms with Crippen molar-refractivity contribution in [2.75, 3.05) is 36.5 Å². The molecule has 0 aliphatic carbocycles. The number of aromatic nitrogens is 3. The van der Waals surface area contributed by atoms with Crippen LogP contribution in [0.1, 0.15) is 26.2 Å². The standard InChI is InChI=1S/C20H26ClN5O3S2/c1-14(18(27)24(2)17-8-11-31(28,29)13-17)30-20-23-22-19(25-9-3-4-10-25)26(20)16-7-5-6-15(21)12-16/h5-7,12,14,17H,3-4,8-11,13H2,1-2H3. The summed E-state index contributed by atoms with van der Waals surface area (Å²) in [5, 5.41) is 9.60. The molecule has 3 heterocycles. The molecule has 0 radical (unpaired) electrons. The molecular weight excluding hydrogens is 458 g/mol. The first-order valence-corrected chi connectivity index (χ1v) is 13.4. The second kappa shape index (κ2) is 8.99. The van der Waals surface area contributed by atoms with Gasteiger partial charge in [-0.3, -0.25) is 9.36 Å². The van der Waals surface area contributed by atoms with E-state index in [0.717, 1.165) is 37.6 Å². The minimum Gasteiger partial charge on any atom is -0.341 e. The topological polar surface area (TPSA) is 88.4 Å². The molecule has 2 saturated heterocycles. The van der Waals surface area contributed by atoms with Gasteiger partial charge in [-0.15, -0.1) is 10.2 Å². The number of sulfone groups is 1. The van der Waals surface area contributed by atoms with Crippen molar-refractivity contribution in [1.82, 2.24) is 19.7 Å². The van der Waals surface area contributed by atoms with Crippen molar-refractivity contribution in [2.45, 2.75) is 42.6 Å². The third-order valence-corrected chi connectivity index (χ3v) is 8.82. The molecular formula is C20H26ClN5O3S2. The number of carbonyl (C=O) groups excluding carboxylic acids is 1. The Labute approximate surface area is 191 Å². The fourth-order valence-corrected chi connectivity index (χ4v) is 6.98. The van der Waals surface area contributed by atoms with Crippen LogP contribution < -0.4 is 4.90 Å². The molecule has 31 heavy (non-hydrogen) atoms. The van der Waals surface area contributed by atoms with E-state index in [2.05, 4.69) is 15.1 Å². The number of hydrogen-bond acceptors (Lipinski definition) is 7. The van der Waals surface area contributed by atoms with Crippen LogP contribution in [0.15, 0.2) is 29.4 Å². The zero-order chi connectivity index (χ0) is 22.2. The Morgan fingerprint density at radius 3 is 2.68 bits per heavy atom. The van der Waals surface area contributed by atoms with Crippen LogP contribution in [-0.2, 0) is 14.6 Å².